The predicted molar refractivity (Wildman–Crippen MR) is 187 cm³/mol. The molecule has 8 heteroatoms. The highest BCUT2D eigenvalue weighted by molar-refractivity contribution is 6.12. The number of anilines is 1. The van der Waals surface area contributed by atoms with Crippen LogP contribution in [0.1, 0.15) is 96.6 Å². The zero-order valence-electron chi connectivity index (χ0n) is 33.6. The second-order valence-corrected chi connectivity index (χ2v) is 13.8. The van der Waals surface area contributed by atoms with Gasteiger partial charge in [0.2, 0.25) is 0 Å². The molecule has 1 amide bonds. The van der Waals surface area contributed by atoms with Crippen molar-refractivity contribution in [3.63, 3.8) is 0 Å². The van der Waals surface area contributed by atoms with E-state index in [2.05, 4.69) is 5.32 Å². The maximum Gasteiger partial charge on any atom is 0.308 e. The molecule has 1 fully saturated rings. The van der Waals surface area contributed by atoms with Crippen molar-refractivity contribution in [1.82, 2.24) is 4.57 Å². The number of para-hydroxylation sites is 1. The van der Waals surface area contributed by atoms with Crippen molar-refractivity contribution in [2.45, 2.75) is 104 Å². The van der Waals surface area contributed by atoms with Crippen molar-refractivity contribution >= 4 is 17.6 Å². The number of hydrogen-bond acceptors (Lipinski definition) is 5. The fraction of sp³-hybridized carbons (Fsp3) is 0.400. The molecule has 254 valence electrons. The molecule has 2 heterocycles. The third-order valence-electron chi connectivity index (χ3n) is 7.91. The van der Waals surface area contributed by atoms with Gasteiger partial charge in [0.05, 0.1) is 36.7 Å². The molecule has 0 aliphatic carbocycles. The van der Waals surface area contributed by atoms with Gasteiger partial charge >= 0.3 is 5.97 Å². The first-order chi connectivity index (χ1) is 24.8. The number of nitrogens with one attached hydrogen (secondary N) is 1. The summed E-state index contributed by atoms with van der Waals surface area (Å²) >= 11 is 0. The molecular formula is C40H47FN2O5. The largest absolute Gasteiger partial charge is 0.460 e. The van der Waals surface area contributed by atoms with Crippen LogP contribution in [0.15, 0.2) is 84.8 Å². The molecule has 0 spiro atoms. The van der Waals surface area contributed by atoms with Crippen LogP contribution in [0, 0.1) is 5.82 Å². The van der Waals surface area contributed by atoms with E-state index >= 15 is 0 Å². The van der Waals surface area contributed by atoms with E-state index in [1.165, 1.54) is 12.1 Å². The van der Waals surface area contributed by atoms with Gasteiger partial charge in [-0.25, -0.2) is 4.39 Å². The SMILES string of the molecule is [2H]c1c([2H])c([2H])c(NC(=O)c2c(-c3ccccc3)c(-c3ccc(F)cc3)n(CC[C@@H]3C[C@H](CC(=O)OC(C)(C)C)OC(C)(C)O3)c2C(C)C)c([2H])c1[2H]. The topological polar surface area (TPSA) is 78.8 Å². The van der Waals surface area contributed by atoms with Gasteiger partial charge in [-0.2, -0.15) is 0 Å². The summed E-state index contributed by atoms with van der Waals surface area (Å²) in [4.78, 5) is 27.4. The van der Waals surface area contributed by atoms with Crippen LogP contribution in [-0.2, 0) is 25.5 Å². The number of hydrogen-bond donors (Lipinski definition) is 1. The van der Waals surface area contributed by atoms with E-state index in [4.69, 9.17) is 21.1 Å². The first kappa shape index (κ1) is 28.7. The molecule has 0 saturated carbocycles. The summed E-state index contributed by atoms with van der Waals surface area (Å²) in [5, 5.41) is 2.67. The van der Waals surface area contributed by atoms with E-state index in [-0.39, 0.29) is 35.7 Å². The molecule has 4 aromatic rings. The lowest BCUT2D eigenvalue weighted by Crippen LogP contribution is -2.46. The fourth-order valence-electron chi connectivity index (χ4n) is 6.35. The molecule has 0 radical (unpaired) electrons. The minimum atomic E-state index is -0.989. The predicted octanol–water partition coefficient (Wildman–Crippen LogP) is 9.37. The lowest BCUT2D eigenvalue weighted by molar-refractivity contribution is -0.301. The zero-order chi connectivity index (χ0) is 39.0. The van der Waals surface area contributed by atoms with E-state index in [0.29, 0.717) is 47.5 Å². The molecule has 0 unspecified atom stereocenters. The quantitative estimate of drug-likeness (QED) is 0.172. The number of aromatic nitrogens is 1. The van der Waals surface area contributed by atoms with Crippen LogP contribution in [0.2, 0.25) is 0 Å². The molecule has 48 heavy (non-hydrogen) atoms. The van der Waals surface area contributed by atoms with Crippen molar-refractivity contribution in [1.29, 1.82) is 0 Å². The Hall–Kier alpha value is -4.27. The average molecular weight is 660 g/mol. The maximum absolute atomic E-state index is 14.6. The molecule has 3 aromatic carbocycles. The van der Waals surface area contributed by atoms with Crippen LogP contribution >= 0.6 is 0 Å². The summed E-state index contributed by atoms with van der Waals surface area (Å²) < 4.78 is 75.8. The Labute approximate surface area is 290 Å². The van der Waals surface area contributed by atoms with Gasteiger partial charge in [-0.05, 0) is 94.4 Å². The van der Waals surface area contributed by atoms with Crippen molar-refractivity contribution < 1.29 is 35.0 Å². The Balaban J connectivity index is 1.65. The van der Waals surface area contributed by atoms with Crippen molar-refractivity contribution in [3.05, 3.63) is 102 Å². The second kappa shape index (κ2) is 14.5. The number of carbonyl (C=O) groups excluding carboxylic acids is 2. The van der Waals surface area contributed by atoms with Gasteiger partial charge in [-0.15, -0.1) is 0 Å². The van der Waals surface area contributed by atoms with E-state index in [0.717, 1.165) is 0 Å². The highest BCUT2D eigenvalue weighted by atomic mass is 19.1. The Morgan fingerprint density at radius 1 is 1.00 bits per heavy atom. The van der Waals surface area contributed by atoms with Gasteiger partial charge < -0.3 is 24.1 Å². The van der Waals surface area contributed by atoms with Crippen LogP contribution in [0.25, 0.3) is 22.4 Å². The van der Waals surface area contributed by atoms with E-state index in [9.17, 15) is 14.0 Å². The molecule has 0 bridgehead atoms. The monoisotopic (exact) mass is 659 g/mol. The van der Waals surface area contributed by atoms with E-state index < -0.39 is 59.4 Å². The third-order valence-corrected chi connectivity index (χ3v) is 7.91. The standard InChI is InChI=1S/C40H47FN2O5/c1-26(2)36-35(38(45)42-30-16-12-9-13-17-30)34(27-14-10-8-11-15-27)37(28-18-20-29(41)21-19-28)43(36)23-22-31-24-32(47-40(6,7)46-31)25-33(44)48-39(3,4)5/h8-21,26,31-32H,22-25H2,1-7H3,(H,42,45)/t31-,32-/m1/s1/i9D,12D,13D,16D,17D. The summed E-state index contributed by atoms with van der Waals surface area (Å²) in [5.41, 5.74) is 2.44. The van der Waals surface area contributed by atoms with Gasteiger partial charge in [0.25, 0.3) is 5.91 Å². The summed E-state index contributed by atoms with van der Waals surface area (Å²) in [6.07, 6.45) is 0.127. The number of amides is 1. The van der Waals surface area contributed by atoms with Crippen molar-refractivity contribution in [3.8, 4) is 22.4 Å². The van der Waals surface area contributed by atoms with Gasteiger partial charge in [-0.1, -0.05) is 62.3 Å². The summed E-state index contributed by atoms with van der Waals surface area (Å²) in [7, 11) is 0. The maximum atomic E-state index is 14.6. The fourth-order valence-corrected chi connectivity index (χ4v) is 6.35. The highest BCUT2D eigenvalue weighted by Gasteiger charge is 2.38. The lowest BCUT2D eigenvalue weighted by atomic mass is 9.94. The van der Waals surface area contributed by atoms with E-state index in [1.54, 1.807) is 26.0 Å². The molecular weight excluding hydrogens is 607 g/mol. The number of ether oxygens (including phenoxy) is 3. The minimum Gasteiger partial charge on any atom is -0.460 e. The molecule has 7 nitrogen and oxygen atoms in total. The minimum absolute atomic E-state index is 0.0574. The van der Waals surface area contributed by atoms with Crippen LogP contribution < -0.4 is 5.32 Å². The van der Waals surface area contributed by atoms with Gasteiger partial charge in [0.15, 0.2) is 5.79 Å². The smallest absolute Gasteiger partial charge is 0.308 e. The average Bonchev–Trinajstić information content (AvgIpc) is 3.42. The molecule has 2 atom stereocenters. The Kier molecular flexibility index (Phi) is 8.65. The second-order valence-electron chi connectivity index (χ2n) is 13.8. The third kappa shape index (κ3) is 8.60. The molecule has 1 aliphatic rings. The van der Waals surface area contributed by atoms with Crippen LogP contribution in [0.4, 0.5) is 10.1 Å². The lowest BCUT2D eigenvalue weighted by Gasteiger charge is -2.41. The van der Waals surface area contributed by atoms with Crippen LogP contribution in [0.3, 0.4) is 0 Å². The first-order valence-electron chi connectivity index (χ1n) is 18.8. The number of esters is 1. The van der Waals surface area contributed by atoms with Gasteiger partial charge in [-0.3, -0.25) is 9.59 Å². The molecule has 5 rings (SSSR count). The zero-order valence-corrected chi connectivity index (χ0v) is 28.6. The first-order valence-corrected chi connectivity index (χ1v) is 16.3. The molecule has 1 aromatic heterocycles. The normalized spacial score (nSPS) is 19.1. The number of nitrogens with zero attached hydrogens (tertiary/aromatic N) is 1. The van der Waals surface area contributed by atoms with Crippen molar-refractivity contribution in [2.75, 3.05) is 5.32 Å². The number of halogens is 1. The van der Waals surface area contributed by atoms with Crippen molar-refractivity contribution in [2.24, 2.45) is 0 Å². The van der Waals surface area contributed by atoms with E-state index in [1.807, 2.05) is 69.5 Å². The summed E-state index contributed by atoms with van der Waals surface area (Å²) in [5.74, 6) is -2.69. The number of rotatable bonds is 10. The Morgan fingerprint density at radius 3 is 2.27 bits per heavy atom. The Bertz CT molecular complexity index is 1960. The molecule has 1 N–H and O–H groups in total. The molecule has 1 saturated heterocycles. The molecule has 1 aliphatic heterocycles. The number of carbonyl (C=O) groups is 2. The summed E-state index contributed by atoms with van der Waals surface area (Å²) in [6, 6.07) is 12.5. The van der Waals surface area contributed by atoms with Crippen LogP contribution in [0.5, 0.6) is 0 Å². The van der Waals surface area contributed by atoms with Gasteiger partial charge in [0, 0.05) is 29.9 Å². The highest BCUT2D eigenvalue weighted by Crippen LogP contribution is 2.43. The van der Waals surface area contributed by atoms with Crippen LogP contribution in [-0.4, -0.2) is 40.0 Å². The number of benzene rings is 3. The summed E-state index contributed by atoms with van der Waals surface area (Å²) in [6.45, 7) is 13.3. The van der Waals surface area contributed by atoms with Gasteiger partial charge in [0.1, 0.15) is 11.4 Å². The Morgan fingerprint density at radius 2 is 1.65 bits per heavy atom.